The minimum absolute atomic E-state index is 0.259. The largest absolute Gasteiger partial charge is 0.372 e. The lowest BCUT2D eigenvalue weighted by atomic mass is 10.1. The number of morpholine rings is 1. The van der Waals surface area contributed by atoms with Crippen LogP contribution in [0.1, 0.15) is 32.8 Å². The van der Waals surface area contributed by atoms with Crippen LogP contribution in [0, 0.1) is 0 Å². The summed E-state index contributed by atoms with van der Waals surface area (Å²) in [6.07, 6.45) is 3.01. The van der Waals surface area contributed by atoms with Crippen molar-refractivity contribution < 1.29 is 4.74 Å². The molecule has 0 aromatic heterocycles. The third-order valence-corrected chi connectivity index (χ3v) is 8.56. The molecule has 130 valence electrons. The van der Waals surface area contributed by atoms with Crippen LogP contribution in [0.4, 0.5) is 5.69 Å². The van der Waals surface area contributed by atoms with Gasteiger partial charge in [-0.2, -0.15) is 0 Å². The fourth-order valence-electron chi connectivity index (χ4n) is 3.62. The molecule has 1 aromatic rings. The van der Waals surface area contributed by atoms with Crippen LogP contribution in [0.25, 0.3) is 0 Å². The molecule has 0 aliphatic carbocycles. The molecular weight excluding hydrogens is 322 g/mol. The summed E-state index contributed by atoms with van der Waals surface area (Å²) in [5.74, 6) is 0. The second-order valence-corrected chi connectivity index (χ2v) is 13.6. The highest BCUT2D eigenvalue weighted by Crippen LogP contribution is 2.31. The van der Waals surface area contributed by atoms with Crippen LogP contribution in [0.3, 0.4) is 0 Å². The summed E-state index contributed by atoms with van der Waals surface area (Å²) in [5, 5.41) is 0.861. The maximum absolute atomic E-state index is 6.49. The molecule has 1 fully saturated rings. The minimum Gasteiger partial charge on any atom is -0.372 e. The average Bonchev–Trinajstić information content (AvgIpc) is 2.45. The fourth-order valence-corrected chi connectivity index (χ4v) is 6.42. The molecule has 1 heterocycles. The highest BCUT2D eigenvalue weighted by atomic mass is 35.5. The Morgan fingerprint density at radius 2 is 1.83 bits per heavy atom. The Labute approximate surface area is 148 Å². The summed E-state index contributed by atoms with van der Waals surface area (Å²) in [4.78, 5) is 2.39. The number of hydrogen-bond acceptors (Lipinski definition) is 2. The maximum Gasteiger partial charge on any atom is 0.0726 e. The molecular formula is C19H32ClNOSi. The van der Waals surface area contributed by atoms with Crippen LogP contribution in [0.5, 0.6) is 0 Å². The fraction of sp³-hybridized carbons (Fsp3) is 0.684. The summed E-state index contributed by atoms with van der Waals surface area (Å²) in [5.41, 5.74) is 2.61. The first-order chi connectivity index (χ1) is 10.8. The third kappa shape index (κ3) is 5.51. The number of nitrogens with zero attached hydrogens (tertiary/aromatic N) is 1. The predicted molar refractivity (Wildman–Crippen MR) is 105 cm³/mol. The lowest BCUT2D eigenvalue weighted by Gasteiger charge is -2.37. The van der Waals surface area contributed by atoms with Gasteiger partial charge in [-0.15, -0.1) is 0 Å². The molecule has 1 saturated heterocycles. The van der Waals surface area contributed by atoms with Crippen LogP contribution in [0.15, 0.2) is 18.2 Å². The molecule has 0 spiro atoms. The summed E-state index contributed by atoms with van der Waals surface area (Å²) in [6, 6.07) is 9.37. The molecule has 23 heavy (non-hydrogen) atoms. The zero-order valence-corrected chi connectivity index (χ0v) is 17.1. The van der Waals surface area contributed by atoms with E-state index in [0.29, 0.717) is 0 Å². The number of aryl methyl sites for hydroxylation is 1. The molecule has 2 nitrogen and oxygen atoms in total. The van der Waals surface area contributed by atoms with E-state index in [0.717, 1.165) is 18.1 Å². The first-order valence-corrected chi connectivity index (χ1v) is 12.8. The van der Waals surface area contributed by atoms with Gasteiger partial charge in [0, 0.05) is 21.2 Å². The molecule has 0 amide bonds. The van der Waals surface area contributed by atoms with Gasteiger partial charge in [0.25, 0.3) is 0 Å². The van der Waals surface area contributed by atoms with Crippen molar-refractivity contribution in [2.45, 2.75) is 71.0 Å². The van der Waals surface area contributed by atoms with Crippen LogP contribution in [0.2, 0.25) is 30.2 Å². The predicted octanol–water partition coefficient (Wildman–Crippen LogP) is 5.61. The highest BCUT2D eigenvalue weighted by molar-refractivity contribution is 6.77. The van der Waals surface area contributed by atoms with Crippen molar-refractivity contribution in [3.05, 3.63) is 28.8 Å². The molecule has 2 unspecified atom stereocenters. The SMILES string of the molecule is CCC[Si](C)(C)CCc1ccc(Cl)c(N2CC(C)OC(C)C2)c1. The number of benzene rings is 1. The Hall–Kier alpha value is -0.513. The van der Waals surface area contributed by atoms with Gasteiger partial charge in [0.05, 0.1) is 22.9 Å². The molecule has 1 aliphatic heterocycles. The molecule has 0 N–H and O–H groups in total. The Balaban J connectivity index is 2.09. The van der Waals surface area contributed by atoms with E-state index < -0.39 is 8.07 Å². The smallest absolute Gasteiger partial charge is 0.0726 e. The molecule has 1 aliphatic rings. The average molecular weight is 354 g/mol. The summed E-state index contributed by atoms with van der Waals surface area (Å²) in [7, 11) is -1.05. The summed E-state index contributed by atoms with van der Waals surface area (Å²) >= 11 is 6.49. The molecule has 1 aromatic carbocycles. The zero-order valence-electron chi connectivity index (χ0n) is 15.4. The maximum atomic E-state index is 6.49. The number of anilines is 1. The highest BCUT2D eigenvalue weighted by Gasteiger charge is 2.24. The van der Waals surface area contributed by atoms with Crippen molar-refractivity contribution >= 4 is 25.4 Å². The quantitative estimate of drug-likeness (QED) is 0.616. The number of ether oxygens (including phenoxy) is 1. The third-order valence-electron chi connectivity index (χ3n) is 4.79. The van der Waals surface area contributed by atoms with Gasteiger partial charge in [-0.05, 0) is 38.0 Å². The second-order valence-electron chi connectivity index (χ2n) is 7.86. The van der Waals surface area contributed by atoms with E-state index in [9.17, 15) is 0 Å². The zero-order chi connectivity index (χ0) is 17.0. The van der Waals surface area contributed by atoms with E-state index in [1.807, 2.05) is 0 Å². The Morgan fingerprint density at radius 3 is 2.43 bits per heavy atom. The van der Waals surface area contributed by atoms with Gasteiger partial charge < -0.3 is 9.64 Å². The van der Waals surface area contributed by atoms with E-state index in [4.69, 9.17) is 16.3 Å². The Kier molecular flexibility index (Phi) is 6.58. The van der Waals surface area contributed by atoms with Crippen LogP contribution in [-0.2, 0) is 11.2 Å². The van der Waals surface area contributed by atoms with E-state index in [2.05, 4.69) is 57.0 Å². The van der Waals surface area contributed by atoms with Gasteiger partial charge in [0.15, 0.2) is 0 Å². The van der Waals surface area contributed by atoms with Gasteiger partial charge >= 0.3 is 0 Å². The monoisotopic (exact) mass is 353 g/mol. The molecule has 4 heteroatoms. The van der Waals surface area contributed by atoms with Gasteiger partial charge in [0.2, 0.25) is 0 Å². The molecule has 2 rings (SSSR count). The molecule has 2 atom stereocenters. The topological polar surface area (TPSA) is 12.5 Å². The van der Waals surface area contributed by atoms with E-state index in [-0.39, 0.29) is 12.2 Å². The first kappa shape index (κ1) is 18.8. The minimum atomic E-state index is -1.05. The van der Waals surface area contributed by atoms with Crippen LogP contribution in [-0.4, -0.2) is 33.4 Å². The summed E-state index contributed by atoms with van der Waals surface area (Å²) < 4.78 is 5.85. The van der Waals surface area contributed by atoms with E-state index >= 15 is 0 Å². The lowest BCUT2D eigenvalue weighted by molar-refractivity contribution is -0.00521. The second kappa shape index (κ2) is 8.04. The van der Waals surface area contributed by atoms with Crippen molar-refractivity contribution in [2.24, 2.45) is 0 Å². The number of halogens is 1. The Morgan fingerprint density at radius 1 is 1.17 bits per heavy atom. The number of rotatable bonds is 6. The summed E-state index contributed by atoms with van der Waals surface area (Å²) in [6.45, 7) is 13.4. The van der Waals surface area contributed by atoms with Crippen molar-refractivity contribution in [3.8, 4) is 0 Å². The van der Waals surface area contributed by atoms with Gasteiger partial charge in [0.1, 0.15) is 0 Å². The van der Waals surface area contributed by atoms with Crippen molar-refractivity contribution in [1.29, 1.82) is 0 Å². The van der Waals surface area contributed by atoms with Crippen LogP contribution >= 0.6 is 11.6 Å². The van der Waals surface area contributed by atoms with Gasteiger partial charge in [-0.3, -0.25) is 0 Å². The molecule has 0 radical (unpaired) electrons. The first-order valence-electron chi connectivity index (χ1n) is 8.99. The van der Waals surface area contributed by atoms with E-state index in [1.54, 1.807) is 0 Å². The standard InChI is InChI=1S/C19H32ClNOSi/c1-6-10-23(4,5)11-9-17-7-8-18(20)19(12-17)21-13-15(2)22-16(3)14-21/h7-8,12,15-16H,6,9-11,13-14H2,1-5H3. The van der Waals surface area contributed by atoms with Crippen molar-refractivity contribution in [2.75, 3.05) is 18.0 Å². The van der Waals surface area contributed by atoms with E-state index in [1.165, 1.54) is 36.2 Å². The van der Waals surface area contributed by atoms with Crippen molar-refractivity contribution in [1.82, 2.24) is 0 Å². The van der Waals surface area contributed by atoms with Crippen LogP contribution < -0.4 is 4.90 Å². The van der Waals surface area contributed by atoms with Crippen molar-refractivity contribution in [3.63, 3.8) is 0 Å². The lowest BCUT2D eigenvalue weighted by Crippen LogP contribution is -2.45. The van der Waals surface area contributed by atoms with Gasteiger partial charge in [-0.1, -0.05) is 56.2 Å². The normalized spacial score (nSPS) is 22.4. The molecule has 0 saturated carbocycles. The number of hydrogen-bond donors (Lipinski definition) is 0. The molecule has 0 bridgehead atoms. The Bertz CT molecular complexity index is 510. The van der Waals surface area contributed by atoms with Gasteiger partial charge in [-0.25, -0.2) is 0 Å².